The summed E-state index contributed by atoms with van der Waals surface area (Å²) in [6.07, 6.45) is 10.1. The third-order valence-corrected chi connectivity index (χ3v) is 3.34. The van der Waals surface area contributed by atoms with E-state index < -0.39 is 0 Å². The molecule has 0 aromatic carbocycles. The monoisotopic (exact) mass is 278 g/mol. The summed E-state index contributed by atoms with van der Waals surface area (Å²) in [5.41, 5.74) is 1.19. The van der Waals surface area contributed by atoms with Gasteiger partial charge in [-0.05, 0) is 32.0 Å². The largest absolute Gasteiger partial charge is 0.298 e. The van der Waals surface area contributed by atoms with Gasteiger partial charge in [0.1, 0.15) is 0 Å². The van der Waals surface area contributed by atoms with E-state index in [9.17, 15) is 0 Å². The number of aromatic nitrogens is 1. The zero-order valence-corrected chi connectivity index (χ0v) is 14.2. The molecule has 2 heteroatoms. The van der Waals surface area contributed by atoms with Crippen molar-refractivity contribution in [3.05, 3.63) is 30.1 Å². The summed E-state index contributed by atoms with van der Waals surface area (Å²) in [6.45, 7) is 9.24. The van der Waals surface area contributed by atoms with Gasteiger partial charge >= 0.3 is 0 Å². The lowest BCUT2D eigenvalue weighted by Crippen LogP contribution is -2.33. The highest BCUT2D eigenvalue weighted by atomic mass is 15.1. The molecule has 1 fully saturated rings. The van der Waals surface area contributed by atoms with Crippen molar-refractivity contribution in [1.29, 1.82) is 0 Å². The maximum absolute atomic E-state index is 4.37. The summed E-state index contributed by atoms with van der Waals surface area (Å²) in [7, 11) is 2.23. The van der Waals surface area contributed by atoms with E-state index in [1.165, 1.54) is 44.2 Å². The Morgan fingerprint density at radius 1 is 1.10 bits per heavy atom. The molecule has 0 atom stereocenters. The Balaban J connectivity index is 0.000000641. The molecule has 1 saturated carbocycles. The summed E-state index contributed by atoms with van der Waals surface area (Å²) < 4.78 is 0. The maximum Gasteiger partial charge on any atom is 0.0543 e. The molecule has 1 aromatic heterocycles. The molecule has 116 valence electrons. The van der Waals surface area contributed by atoms with Crippen LogP contribution in [0.1, 0.15) is 71.9 Å². The molecule has 1 aliphatic carbocycles. The van der Waals surface area contributed by atoms with Crippen molar-refractivity contribution in [3.8, 4) is 0 Å². The minimum atomic E-state index is 0.778. The zero-order valence-electron chi connectivity index (χ0n) is 14.2. The van der Waals surface area contributed by atoms with E-state index in [2.05, 4.69) is 42.9 Å². The highest BCUT2D eigenvalue weighted by Gasteiger charge is 2.17. The fraction of sp³-hybridized carbons (Fsp3) is 0.722. The van der Waals surface area contributed by atoms with Crippen LogP contribution in [0.25, 0.3) is 0 Å². The van der Waals surface area contributed by atoms with Crippen molar-refractivity contribution in [2.24, 2.45) is 0 Å². The number of pyridine rings is 1. The Kier molecular flexibility index (Phi) is 12.5. The molecule has 0 bridgehead atoms. The average Bonchev–Trinajstić information content (AvgIpc) is 2.52. The first-order chi connectivity index (χ1) is 9.77. The molecule has 20 heavy (non-hydrogen) atoms. The number of nitrogens with zero attached hydrogens (tertiary/aromatic N) is 2. The van der Waals surface area contributed by atoms with Gasteiger partial charge in [-0.15, -0.1) is 0 Å². The average molecular weight is 278 g/mol. The summed E-state index contributed by atoms with van der Waals surface area (Å²) >= 11 is 0. The topological polar surface area (TPSA) is 16.1 Å². The van der Waals surface area contributed by atoms with Crippen LogP contribution in [0.15, 0.2) is 24.4 Å². The second-order valence-corrected chi connectivity index (χ2v) is 5.24. The molecule has 2 rings (SSSR count). The van der Waals surface area contributed by atoms with Crippen molar-refractivity contribution in [3.63, 3.8) is 0 Å². The lowest BCUT2D eigenvalue weighted by molar-refractivity contribution is 0.183. The lowest BCUT2D eigenvalue weighted by atomic mass is 9.94. The predicted molar refractivity (Wildman–Crippen MR) is 89.9 cm³/mol. The number of rotatable bonds is 3. The summed E-state index contributed by atoms with van der Waals surface area (Å²) in [6, 6.07) is 6.93. The molecule has 1 aromatic rings. The van der Waals surface area contributed by atoms with Crippen LogP contribution in [-0.4, -0.2) is 23.0 Å². The van der Waals surface area contributed by atoms with Crippen molar-refractivity contribution in [1.82, 2.24) is 9.88 Å². The van der Waals surface area contributed by atoms with Gasteiger partial charge in [-0.1, -0.05) is 59.4 Å². The molecule has 0 N–H and O–H groups in total. The van der Waals surface area contributed by atoms with Crippen molar-refractivity contribution < 1.29 is 0 Å². The summed E-state index contributed by atoms with van der Waals surface area (Å²) in [5.74, 6) is 0. The van der Waals surface area contributed by atoms with Crippen molar-refractivity contribution >= 4 is 0 Å². The van der Waals surface area contributed by atoms with Crippen LogP contribution in [0.5, 0.6) is 0 Å². The third kappa shape index (κ3) is 8.31. The van der Waals surface area contributed by atoms with Crippen LogP contribution in [0.4, 0.5) is 0 Å². The Labute approximate surface area is 126 Å². The Morgan fingerprint density at radius 3 is 2.20 bits per heavy atom. The van der Waals surface area contributed by atoms with E-state index in [-0.39, 0.29) is 0 Å². The molecule has 0 saturated heterocycles. The first-order valence-corrected chi connectivity index (χ1v) is 8.38. The van der Waals surface area contributed by atoms with Gasteiger partial charge in [0.25, 0.3) is 0 Å². The Bertz CT molecular complexity index is 292. The number of hydrogen-bond acceptors (Lipinski definition) is 2. The van der Waals surface area contributed by atoms with Gasteiger partial charge in [-0.2, -0.15) is 0 Å². The van der Waals surface area contributed by atoms with E-state index in [1.807, 2.05) is 26.1 Å². The standard InChI is InChI=1S/C13H20N2.C3H8.C2H6/c1-15(13-8-3-2-4-9-13)11-12-7-5-6-10-14-12;1-3-2;1-2/h5-7,10,13H,2-4,8-9,11H2,1H3;3H2,1-2H3;1-2H3. The molecule has 0 unspecified atom stereocenters. The molecular formula is C18H34N2. The van der Waals surface area contributed by atoms with E-state index in [4.69, 9.17) is 0 Å². The smallest absolute Gasteiger partial charge is 0.0543 e. The molecular weight excluding hydrogens is 244 g/mol. The van der Waals surface area contributed by atoms with Crippen LogP contribution in [-0.2, 0) is 6.54 Å². The van der Waals surface area contributed by atoms with Gasteiger partial charge in [-0.25, -0.2) is 0 Å². The normalized spacial score (nSPS) is 14.9. The highest BCUT2D eigenvalue weighted by Crippen LogP contribution is 2.22. The third-order valence-electron chi connectivity index (χ3n) is 3.34. The van der Waals surface area contributed by atoms with Crippen LogP contribution >= 0.6 is 0 Å². The first kappa shape index (κ1) is 19.1. The fourth-order valence-corrected chi connectivity index (χ4v) is 2.40. The van der Waals surface area contributed by atoms with Crippen molar-refractivity contribution in [2.45, 2.75) is 78.8 Å². The van der Waals surface area contributed by atoms with Crippen LogP contribution in [0.3, 0.4) is 0 Å². The quantitative estimate of drug-likeness (QED) is 0.747. The van der Waals surface area contributed by atoms with Gasteiger partial charge in [0, 0.05) is 18.8 Å². The van der Waals surface area contributed by atoms with Crippen LogP contribution in [0.2, 0.25) is 0 Å². The second kappa shape index (κ2) is 13.1. The van der Waals surface area contributed by atoms with E-state index in [0.717, 1.165) is 12.6 Å². The highest BCUT2D eigenvalue weighted by molar-refractivity contribution is 5.03. The Morgan fingerprint density at radius 2 is 1.70 bits per heavy atom. The van der Waals surface area contributed by atoms with Gasteiger partial charge in [0.15, 0.2) is 0 Å². The molecule has 0 aliphatic heterocycles. The Hall–Kier alpha value is -0.890. The van der Waals surface area contributed by atoms with Gasteiger partial charge < -0.3 is 0 Å². The van der Waals surface area contributed by atoms with Gasteiger partial charge in [-0.3, -0.25) is 9.88 Å². The SMILES string of the molecule is CC.CCC.CN(Cc1ccccn1)C1CCCCC1. The van der Waals surface area contributed by atoms with E-state index >= 15 is 0 Å². The predicted octanol–water partition coefficient (Wildman–Crippen LogP) is 5.29. The van der Waals surface area contributed by atoms with E-state index in [1.54, 1.807) is 0 Å². The molecule has 1 heterocycles. The number of hydrogen-bond donors (Lipinski definition) is 0. The summed E-state index contributed by atoms with van der Waals surface area (Å²) in [5, 5.41) is 0. The van der Waals surface area contributed by atoms with Crippen LogP contribution in [0, 0.1) is 0 Å². The fourth-order valence-electron chi connectivity index (χ4n) is 2.40. The minimum Gasteiger partial charge on any atom is -0.298 e. The molecule has 2 nitrogen and oxygen atoms in total. The second-order valence-electron chi connectivity index (χ2n) is 5.24. The summed E-state index contributed by atoms with van der Waals surface area (Å²) in [4.78, 5) is 6.83. The molecule has 1 aliphatic rings. The van der Waals surface area contributed by atoms with Crippen molar-refractivity contribution in [2.75, 3.05) is 7.05 Å². The van der Waals surface area contributed by atoms with E-state index in [0.29, 0.717) is 0 Å². The maximum atomic E-state index is 4.37. The van der Waals surface area contributed by atoms with Gasteiger partial charge in [0.05, 0.1) is 5.69 Å². The lowest BCUT2D eigenvalue weighted by Gasteiger charge is -2.30. The zero-order chi connectivity index (χ0) is 15.2. The molecule has 0 amide bonds. The molecule has 0 spiro atoms. The van der Waals surface area contributed by atoms with Gasteiger partial charge in [0.2, 0.25) is 0 Å². The molecule has 0 radical (unpaired) electrons. The first-order valence-electron chi connectivity index (χ1n) is 8.38. The van der Waals surface area contributed by atoms with Crippen LogP contribution < -0.4 is 0 Å². The minimum absolute atomic E-state index is 0.778.